The lowest BCUT2D eigenvalue weighted by Gasteiger charge is -2.27. The van der Waals surface area contributed by atoms with E-state index in [-0.39, 0.29) is 12.5 Å². The molecule has 1 aromatic rings. The van der Waals surface area contributed by atoms with E-state index < -0.39 is 6.10 Å². The molecule has 0 aromatic heterocycles. The van der Waals surface area contributed by atoms with Crippen molar-refractivity contribution >= 4 is 11.6 Å². The molecule has 4 nitrogen and oxygen atoms in total. The van der Waals surface area contributed by atoms with Crippen molar-refractivity contribution in [2.24, 2.45) is 0 Å². The quantitative estimate of drug-likeness (QED) is 0.826. The first-order valence-electron chi connectivity index (χ1n) is 6.78. The molecule has 0 saturated heterocycles. The molecule has 0 heterocycles. The summed E-state index contributed by atoms with van der Waals surface area (Å²) in [7, 11) is 0. The Morgan fingerprint density at radius 2 is 1.84 bits per heavy atom. The molecule has 0 radical (unpaired) electrons. The van der Waals surface area contributed by atoms with Crippen LogP contribution in [0.4, 0.5) is 5.69 Å². The molecule has 0 spiro atoms. The van der Waals surface area contributed by atoms with Gasteiger partial charge in [0, 0.05) is 30.4 Å². The van der Waals surface area contributed by atoms with Crippen LogP contribution in [0.5, 0.6) is 0 Å². The fourth-order valence-corrected chi connectivity index (χ4v) is 1.99. The third-order valence-corrected chi connectivity index (χ3v) is 2.98. The van der Waals surface area contributed by atoms with Gasteiger partial charge < -0.3 is 15.3 Å². The van der Waals surface area contributed by atoms with Crippen LogP contribution < -0.4 is 10.2 Å². The lowest BCUT2D eigenvalue weighted by molar-refractivity contribution is 0.0924. The lowest BCUT2D eigenvalue weighted by atomic mass is 10.1. The highest BCUT2D eigenvalue weighted by molar-refractivity contribution is 5.94. The molecule has 106 valence electrons. The lowest BCUT2D eigenvalue weighted by Crippen LogP contribution is -2.31. The minimum atomic E-state index is -0.528. The molecule has 1 aromatic carbocycles. The van der Waals surface area contributed by atoms with Crippen LogP contribution in [-0.4, -0.2) is 36.2 Å². The van der Waals surface area contributed by atoms with Gasteiger partial charge in [0.25, 0.3) is 5.91 Å². The number of carbonyl (C=O) groups is 1. The predicted octanol–water partition coefficient (Wildman–Crippen LogP) is 2.03. The normalized spacial score (nSPS) is 12.3. The molecule has 1 atom stereocenters. The monoisotopic (exact) mass is 264 g/mol. The van der Waals surface area contributed by atoms with E-state index in [1.165, 1.54) is 0 Å². The van der Waals surface area contributed by atoms with Gasteiger partial charge in [-0.3, -0.25) is 4.79 Å². The summed E-state index contributed by atoms with van der Waals surface area (Å²) < 4.78 is 0. The second-order valence-corrected chi connectivity index (χ2v) is 4.99. The third-order valence-electron chi connectivity index (χ3n) is 2.98. The molecular weight excluding hydrogens is 240 g/mol. The Morgan fingerprint density at radius 3 is 2.26 bits per heavy atom. The third kappa shape index (κ3) is 4.56. The van der Waals surface area contributed by atoms with Crippen LogP contribution in [-0.2, 0) is 0 Å². The molecule has 0 fully saturated rings. The van der Waals surface area contributed by atoms with Crippen molar-refractivity contribution in [2.45, 2.75) is 39.8 Å². The number of anilines is 1. The first-order chi connectivity index (χ1) is 8.95. The van der Waals surface area contributed by atoms with Gasteiger partial charge in [-0.05, 0) is 52.0 Å². The molecule has 4 heteroatoms. The minimum Gasteiger partial charge on any atom is -0.392 e. The Labute approximate surface area is 115 Å². The number of nitrogens with zero attached hydrogens (tertiary/aromatic N) is 1. The molecular formula is C15H24N2O2. The van der Waals surface area contributed by atoms with Gasteiger partial charge in [0.2, 0.25) is 0 Å². The summed E-state index contributed by atoms with van der Waals surface area (Å²) in [5, 5.41) is 11.8. The highest BCUT2D eigenvalue weighted by Gasteiger charge is 2.10. The molecule has 2 N–H and O–H groups in total. The van der Waals surface area contributed by atoms with Crippen molar-refractivity contribution in [3.8, 4) is 0 Å². The summed E-state index contributed by atoms with van der Waals surface area (Å²) >= 11 is 0. The van der Waals surface area contributed by atoms with Gasteiger partial charge >= 0.3 is 0 Å². The van der Waals surface area contributed by atoms with Crippen LogP contribution in [0.25, 0.3) is 0 Å². The number of amides is 1. The maximum atomic E-state index is 11.8. The molecule has 1 amide bonds. The SMILES string of the molecule is CCN(c1ccc(C(=O)NC[C@H](C)O)cc1)C(C)C. The van der Waals surface area contributed by atoms with Gasteiger partial charge in [-0.2, -0.15) is 0 Å². The zero-order valence-electron chi connectivity index (χ0n) is 12.2. The maximum Gasteiger partial charge on any atom is 0.251 e. The van der Waals surface area contributed by atoms with Gasteiger partial charge in [-0.15, -0.1) is 0 Å². The van der Waals surface area contributed by atoms with E-state index in [0.717, 1.165) is 12.2 Å². The van der Waals surface area contributed by atoms with Crippen molar-refractivity contribution in [3.05, 3.63) is 29.8 Å². The fourth-order valence-electron chi connectivity index (χ4n) is 1.99. The van der Waals surface area contributed by atoms with E-state index in [1.807, 2.05) is 24.3 Å². The van der Waals surface area contributed by atoms with Crippen molar-refractivity contribution in [3.63, 3.8) is 0 Å². The number of rotatable bonds is 6. The zero-order valence-corrected chi connectivity index (χ0v) is 12.2. The number of benzene rings is 1. The van der Waals surface area contributed by atoms with Crippen LogP contribution in [0.1, 0.15) is 38.1 Å². The molecule has 0 saturated carbocycles. The van der Waals surface area contributed by atoms with Crippen LogP contribution in [0.3, 0.4) is 0 Å². The predicted molar refractivity (Wildman–Crippen MR) is 78.6 cm³/mol. The summed E-state index contributed by atoms with van der Waals surface area (Å²) in [4.78, 5) is 14.1. The summed E-state index contributed by atoms with van der Waals surface area (Å²) in [5.41, 5.74) is 1.73. The Bertz CT molecular complexity index is 399. The number of nitrogens with one attached hydrogen (secondary N) is 1. The summed E-state index contributed by atoms with van der Waals surface area (Å²) in [5.74, 6) is -0.153. The molecule has 1 rings (SSSR count). The van der Waals surface area contributed by atoms with E-state index in [4.69, 9.17) is 5.11 Å². The van der Waals surface area contributed by atoms with E-state index in [9.17, 15) is 4.79 Å². The second-order valence-electron chi connectivity index (χ2n) is 4.99. The standard InChI is InChI=1S/C15H24N2O2/c1-5-17(11(2)3)14-8-6-13(7-9-14)15(19)16-10-12(4)18/h6-9,11-12,18H,5,10H2,1-4H3,(H,16,19)/t12-/m0/s1. The van der Waals surface area contributed by atoms with E-state index in [0.29, 0.717) is 11.6 Å². The first kappa shape index (κ1) is 15.5. The van der Waals surface area contributed by atoms with Crippen LogP contribution in [0, 0.1) is 0 Å². The number of aliphatic hydroxyl groups is 1. The molecule has 0 aliphatic heterocycles. The number of aliphatic hydroxyl groups excluding tert-OH is 1. The topological polar surface area (TPSA) is 52.6 Å². The molecule has 0 unspecified atom stereocenters. The van der Waals surface area contributed by atoms with Crippen molar-refractivity contribution in [1.29, 1.82) is 0 Å². The summed E-state index contributed by atoms with van der Waals surface area (Å²) in [6.45, 7) is 9.26. The van der Waals surface area contributed by atoms with Gasteiger partial charge in [0.05, 0.1) is 6.10 Å². The average Bonchev–Trinajstić information content (AvgIpc) is 2.37. The van der Waals surface area contributed by atoms with Gasteiger partial charge in [0.1, 0.15) is 0 Å². The smallest absolute Gasteiger partial charge is 0.251 e. The van der Waals surface area contributed by atoms with Gasteiger partial charge in [-0.1, -0.05) is 0 Å². The Balaban J connectivity index is 2.73. The van der Waals surface area contributed by atoms with Crippen LogP contribution in [0.15, 0.2) is 24.3 Å². The van der Waals surface area contributed by atoms with Crippen molar-refractivity contribution in [1.82, 2.24) is 5.32 Å². The van der Waals surface area contributed by atoms with E-state index in [1.54, 1.807) is 6.92 Å². The minimum absolute atomic E-state index is 0.153. The van der Waals surface area contributed by atoms with Crippen LogP contribution in [0.2, 0.25) is 0 Å². The highest BCUT2D eigenvalue weighted by atomic mass is 16.3. The van der Waals surface area contributed by atoms with Crippen molar-refractivity contribution in [2.75, 3.05) is 18.0 Å². The number of carbonyl (C=O) groups excluding carboxylic acids is 1. The molecule has 0 aliphatic rings. The Hall–Kier alpha value is -1.55. The van der Waals surface area contributed by atoms with Crippen LogP contribution >= 0.6 is 0 Å². The highest BCUT2D eigenvalue weighted by Crippen LogP contribution is 2.17. The number of hydrogen-bond acceptors (Lipinski definition) is 3. The average molecular weight is 264 g/mol. The van der Waals surface area contributed by atoms with Crippen molar-refractivity contribution < 1.29 is 9.90 Å². The Morgan fingerprint density at radius 1 is 1.26 bits per heavy atom. The van der Waals surface area contributed by atoms with E-state index >= 15 is 0 Å². The van der Waals surface area contributed by atoms with Gasteiger partial charge in [-0.25, -0.2) is 0 Å². The second kappa shape index (κ2) is 7.14. The maximum absolute atomic E-state index is 11.8. The first-order valence-corrected chi connectivity index (χ1v) is 6.78. The molecule has 0 aliphatic carbocycles. The molecule has 19 heavy (non-hydrogen) atoms. The summed E-state index contributed by atoms with van der Waals surface area (Å²) in [6.07, 6.45) is -0.528. The zero-order chi connectivity index (χ0) is 14.4. The fraction of sp³-hybridized carbons (Fsp3) is 0.533. The Kier molecular flexibility index (Phi) is 5.83. The largest absolute Gasteiger partial charge is 0.392 e. The molecule has 0 bridgehead atoms. The number of hydrogen-bond donors (Lipinski definition) is 2. The van der Waals surface area contributed by atoms with E-state index in [2.05, 4.69) is 31.0 Å². The van der Waals surface area contributed by atoms with Gasteiger partial charge in [0.15, 0.2) is 0 Å². The summed E-state index contributed by atoms with van der Waals surface area (Å²) in [6, 6.07) is 7.98.